The first-order valence-corrected chi connectivity index (χ1v) is 10.5. The molecule has 1 spiro atoms. The zero-order valence-electron chi connectivity index (χ0n) is 17.5. The summed E-state index contributed by atoms with van der Waals surface area (Å²) in [6, 6.07) is 0.490. The summed E-state index contributed by atoms with van der Waals surface area (Å²) in [7, 11) is 1.86. The molecule has 2 aliphatic carbocycles. The van der Waals surface area contributed by atoms with Crippen molar-refractivity contribution in [3.63, 3.8) is 0 Å². The summed E-state index contributed by atoms with van der Waals surface area (Å²) in [5, 5.41) is 7.15. The Hall–Kier alpha value is -0.120. The third-order valence-electron chi connectivity index (χ3n) is 6.32. The molecule has 158 valence electrons. The van der Waals surface area contributed by atoms with Crippen LogP contribution in [-0.2, 0) is 9.47 Å². The van der Waals surface area contributed by atoms with E-state index in [2.05, 4.69) is 41.3 Å². The van der Waals surface area contributed by atoms with E-state index in [9.17, 15) is 0 Å². The molecular weight excluding hydrogens is 455 g/mol. The maximum absolute atomic E-state index is 5.95. The van der Waals surface area contributed by atoms with Crippen LogP contribution in [0.3, 0.4) is 0 Å². The zero-order valence-corrected chi connectivity index (χ0v) is 19.8. The molecule has 3 unspecified atom stereocenters. The third kappa shape index (κ3) is 5.48. The molecule has 27 heavy (non-hydrogen) atoms. The molecule has 0 aromatic carbocycles. The number of nitrogens with zero attached hydrogens (tertiary/aromatic N) is 2. The standard InChI is InChI=1S/C20H38N4O2.HI/c1-5-25-18-11-17(20(18)7-6-8-20)23-19(21-4)22-12-16-14-24(9-10-26-16)13-15(2)3;/h15-18H,5-14H2,1-4H3,(H2,21,22,23);1H. The number of aliphatic imine (C=N–C) groups is 1. The van der Waals surface area contributed by atoms with Crippen LogP contribution in [0.2, 0.25) is 0 Å². The summed E-state index contributed by atoms with van der Waals surface area (Å²) in [5.74, 6) is 1.60. The summed E-state index contributed by atoms with van der Waals surface area (Å²) < 4.78 is 11.9. The number of guanidine groups is 1. The number of nitrogens with one attached hydrogen (secondary N) is 2. The predicted molar refractivity (Wildman–Crippen MR) is 121 cm³/mol. The minimum absolute atomic E-state index is 0. The number of rotatable bonds is 7. The highest BCUT2D eigenvalue weighted by Crippen LogP contribution is 2.57. The smallest absolute Gasteiger partial charge is 0.191 e. The second kappa shape index (κ2) is 10.6. The van der Waals surface area contributed by atoms with Gasteiger partial charge in [-0.1, -0.05) is 20.3 Å². The highest BCUT2D eigenvalue weighted by atomic mass is 127. The van der Waals surface area contributed by atoms with Gasteiger partial charge >= 0.3 is 0 Å². The van der Waals surface area contributed by atoms with Gasteiger partial charge in [-0.25, -0.2) is 0 Å². The monoisotopic (exact) mass is 494 g/mol. The second-order valence-electron chi connectivity index (χ2n) is 8.56. The summed E-state index contributed by atoms with van der Waals surface area (Å²) in [4.78, 5) is 6.95. The van der Waals surface area contributed by atoms with E-state index in [0.717, 1.165) is 51.8 Å². The molecule has 7 heteroatoms. The molecule has 3 fully saturated rings. The Balaban J connectivity index is 0.00000261. The van der Waals surface area contributed by atoms with Crippen LogP contribution in [-0.4, -0.2) is 75.5 Å². The van der Waals surface area contributed by atoms with Gasteiger partial charge in [-0.3, -0.25) is 9.89 Å². The van der Waals surface area contributed by atoms with Crippen LogP contribution in [0.5, 0.6) is 0 Å². The lowest BCUT2D eigenvalue weighted by Gasteiger charge is -2.61. The fourth-order valence-corrected chi connectivity index (χ4v) is 4.80. The molecular formula is C20H39IN4O2. The fourth-order valence-electron chi connectivity index (χ4n) is 4.80. The minimum Gasteiger partial charge on any atom is -0.378 e. The van der Waals surface area contributed by atoms with E-state index in [1.54, 1.807) is 0 Å². The van der Waals surface area contributed by atoms with Crippen LogP contribution >= 0.6 is 24.0 Å². The van der Waals surface area contributed by atoms with E-state index in [1.165, 1.54) is 19.3 Å². The summed E-state index contributed by atoms with van der Waals surface area (Å²) in [6.45, 7) is 12.3. The summed E-state index contributed by atoms with van der Waals surface area (Å²) in [5.41, 5.74) is 0.350. The maximum atomic E-state index is 5.95. The molecule has 0 aromatic rings. The van der Waals surface area contributed by atoms with Crippen molar-refractivity contribution in [1.29, 1.82) is 0 Å². The molecule has 2 N–H and O–H groups in total. The van der Waals surface area contributed by atoms with Crippen LogP contribution in [0.1, 0.15) is 46.5 Å². The number of morpholine rings is 1. The van der Waals surface area contributed by atoms with Crippen molar-refractivity contribution in [2.45, 2.75) is 64.7 Å². The summed E-state index contributed by atoms with van der Waals surface area (Å²) >= 11 is 0. The average Bonchev–Trinajstić information content (AvgIpc) is 2.55. The van der Waals surface area contributed by atoms with Crippen LogP contribution in [0.15, 0.2) is 4.99 Å². The van der Waals surface area contributed by atoms with Gasteiger partial charge in [-0.15, -0.1) is 24.0 Å². The first kappa shape index (κ1) is 23.2. The van der Waals surface area contributed by atoms with Gasteiger partial charge in [0.1, 0.15) is 0 Å². The van der Waals surface area contributed by atoms with E-state index < -0.39 is 0 Å². The molecule has 3 atom stereocenters. The molecule has 1 heterocycles. The molecule has 2 saturated carbocycles. The van der Waals surface area contributed by atoms with Gasteiger partial charge in [0.25, 0.3) is 0 Å². The lowest BCUT2D eigenvalue weighted by molar-refractivity contribution is -0.168. The van der Waals surface area contributed by atoms with Crippen molar-refractivity contribution in [3.8, 4) is 0 Å². The van der Waals surface area contributed by atoms with Crippen LogP contribution in [0, 0.1) is 11.3 Å². The number of hydrogen-bond acceptors (Lipinski definition) is 4. The highest BCUT2D eigenvalue weighted by Gasteiger charge is 2.59. The lowest BCUT2D eigenvalue weighted by Crippen LogP contribution is -2.68. The van der Waals surface area contributed by atoms with Crippen molar-refractivity contribution in [3.05, 3.63) is 0 Å². The van der Waals surface area contributed by atoms with Crippen LogP contribution in [0.4, 0.5) is 0 Å². The minimum atomic E-state index is 0. The van der Waals surface area contributed by atoms with E-state index in [1.807, 2.05) is 7.05 Å². The Labute approximate surface area is 182 Å². The Morgan fingerprint density at radius 2 is 2.15 bits per heavy atom. The molecule has 1 saturated heterocycles. The molecule has 6 nitrogen and oxygen atoms in total. The van der Waals surface area contributed by atoms with Crippen molar-refractivity contribution in [2.75, 3.05) is 46.4 Å². The first-order valence-electron chi connectivity index (χ1n) is 10.5. The molecule has 0 bridgehead atoms. The van der Waals surface area contributed by atoms with Crippen molar-refractivity contribution in [2.24, 2.45) is 16.3 Å². The number of ether oxygens (including phenoxy) is 2. The quantitative estimate of drug-likeness (QED) is 0.324. The normalized spacial score (nSPS) is 30.4. The van der Waals surface area contributed by atoms with Gasteiger partial charge in [0, 0.05) is 51.3 Å². The van der Waals surface area contributed by atoms with Gasteiger partial charge < -0.3 is 20.1 Å². The SMILES string of the molecule is CCOC1CC(NC(=NC)NCC2CN(CC(C)C)CCO2)C12CCC2.I. The number of hydrogen-bond donors (Lipinski definition) is 2. The first-order chi connectivity index (χ1) is 12.6. The topological polar surface area (TPSA) is 58.1 Å². The Kier molecular flexibility index (Phi) is 9.09. The maximum Gasteiger partial charge on any atom is 0.191 e. The largest absolute Gasteiger partial charge is 0.378 e. The lowest BCUT2D eigenvalue weighted by atomic mass is 9.51. The highest BCUT2D eigenvalue weighted by molar-refractivity contribution is 14.0. The third-order valence-corrected chi connectivity index (χ3v) is 6.32. The molecule has 0 radical (unpaired) electrons. The molecule has 3 aliphatic rings. The fraction of sp³-hybridized carbons (Fsp3) is 0.950. The Morgan fingerprint density at radius 3 is 2.74 bits per heavy atom. The van der Waals surface area contributed by atoms with Crippen molar-refractivity contribution >= 4 is 29.9 Å². The van der Waals surface area contributed by atoms with Gasteiger partial charge in [-0.2, -0.15) is 0 Å². The van der Waals surface area contributed by atoms with Gasteiger partial charge in [-0.05, 0) is 32.1 Å². The molecule has 3 rings (SSSR count). The average molecular weight is 494 g/mol. The second-order valence-corrected chi connectivity index (χ2v) is 8.56. The predicted octanol–water partition coefficient (Wildman–Crippen LogP) is 2.47. The van der Waals surface area contributed by atoms with Gasteiger partial charge in [0.05, 0.1) is 18.8 Å². The van der Waals surface area contributed by atoms with Crippen molar-refractivity contribution < 1.29 is 9.47 Å². The molecule has 0 aromatic heterocycles. The van der Waals surface area contributed by atoms with Gasteiger partial charge in [0.2, 0.25) is 0 Å². The zero-order chi connectivity index (χ0) is 18.6. The molecule has 1 aliphatic heterocycles. The Bertz CT molecular complexity index is 485. The molecule has 0 amide bonds. The van der Waals surface area contributed by atoms with E-state index >= 15 is 0 Å². The van der Waals surface area contributed by atoms with Crippen LogP contribution in [0.25, 0.3) is 0 Å². The Morgan fingerprint density at radius 1 is 1.37 bits per heavy atom. The summed E-state index contributed by atoms with van der Waals surface area (Å²) in [6.07, 6.45) is 5.65. The van der Waals surface area contributed by atoms with E-state index in [-0.39, 0.29) is 30.1 Å². The van der Waals surface area contributed by atoms with Crippen molar-refractivity contribution in [1.82, 2.24) is 15.5 Å². The van der Waals surface area contributed by atoms with Crippen LogP contribution < -0.4 is 10.6 Å². The number of halogens is 1. The van der Waals surface area contributed by atoms with E-state index in [4.69, 9.17) is 9.47 Å². The van der Waals surface area contributed by atoms with Gasteiger partial charge in [0.15, 0.2) is 5.96 Å². The van der Waals surface area contributed by atoms with E-state index in [0.29, 0.717) is 23.5 Å².